The Labute approximate surface area is 127 Å². The molecule has 1 aliphatic rings. The van der Waals surface area contributed by atoms with Crippen LogP contribution in [0, 0.1) is 0 Å². The van der Waals surface area contributed by atoms with Gasteiger partial charge in [-0.25, -0.2) is 0 Å². The fraction of sp³-hybridized carbons (Fsp3) is 0.471. The van der Waals surface area contributed by atoms with Crippen molar-refractivity contribution in [2.75, 3.05) is 18.8 Å². The van der Waals surface area contributed by atoms with Crippen LogP contribution in [0.3, 0.4) is 0 Å². The van der Waals surface area contributed by atoms with E-state index < -0.39 is 0 Å². The molecule has 0 unspecified atom stereocenters. The summed E-state index contributed by atoms with van der Waals surface area (Å²) < 4.78 is 0. The number of carbonyl (C=O) groups excluding carboxylic acids is 1. The van der Waals surface area contributed by atoms with E-state index in [1.165, 1.54) is 0 Å². The van der Waals surface area contributed by atoms with Crippen LogP contribution in [-0.4, -0.2) is 36.0 Å². The Morgan fingerprint density at radius 2 is 2.10 bits per heavy atom. The first-order chi connectivity index (χ1) is 10.0. The first-order valence-electron chi connectivity index (χ1n) is 7.63. The lowest BCUT2D eigenvalue weighted by Crippen LogP contribution is -2.46. The van der Waals surface area contributed by atoms with E-state index in [0.717, 1.165) is 31.5 Å². The second-order valence-electron chi connectivity index (χ2n) is 5.92. The molecule has 0 aliphatic carbocycles. The maximum absolute atomic E-state index is 11.9. The van der Waals surface area contributed by atoms with E-state index in [4.69, 9.17) is 5.73 Å². The number of nitrogen functional groups attached to an aromatic ring is 1. The number of anilines is 1. The van der Waals surface area contributed by atoms with E-state index in [-0.39, 0.29) is 11.9 Å². The standard InChI is InChI=1S/C17H25N3O/c1-13(2)20-10-8-16(9-11-20)19-17(21)7-6-14-4-3-5-15(18)12-14/h3-7,12-13,16H,8-11,18H2,1-2H3,(H,19,21)/b7-6+. The van der Waals surface area contributed by atoms with Crippen molar-refractivity contribution in [1.29, 1.82) is 0 Å². The second-order valence-corrected chi connectivity index (χ2v) is 5.92. The molecule has 114 valence electrons. The Hall–Kier alpha value is -1.81. The van der Waals surface area contributed by atoms with Gasteiger partial charge in [0.15, 0.2) is 0 Å². The van der Waals surface area contributed by atoms with Gasteiger partial charge in [0.25, 0.3) is 0 Å². The largest absolute Gasteiger partial charge is 0.399 e. The van der Waals surface area contributed by atoms with E-state index in [2.05, 4.69) is 24.1 Å². The highest BCUT2D eigenvalue weighted by molar-refractivity contribution is 5.92. The Morgan fingerprint density at radius 1 is 1.38 bits per heavy atom. The first kappa shape index (κ1) is 15.6. The molecule has 0 spiro atoms. The number of benzene rings is 1. The fourth-order valence-electron chi connectivity index (χ4n) is 2.64. The number of amides is 1. The van der Waals surface area contributed by atoms with E-state index in [0.29, 0.717) is 11.7 Å². The molecule has 0 bridgehead atoms. The van der Waals surface area contributed by atoms with Gasteiger partial charge in [-0.3, -0.25) is 4.79 Å². The van der Waals surface area contributed by atoms with E-state index in [1.54, 1.807) is 12.2 Å². The van der Waals surface area contributed by atoms with Crippen LogP contribution >= 0.6 is 0 Å². The smallest absolute Gasteiger partial charge is 0.244 e. The number of rotatable bonds is 4. The molecule has 4 nitrogen and oxygen atoms in total. The molecule has 4 heteroatoms. The lowest BCUT2D eigenvalue weighted by Gasteiger charge is -2.34. The Bertz CT molecular complexity index is 503. The Morgan fingerprint density at radius 3 is 2.71 bits per heavy atom. The summed E-state index contributed by atoms with van der Waals surface area (Å²) in [5, 5.41) is 3.08. The molecule has 1 heterocycles. The van der Waals surface area contributed by atoms with E-state index in [1.807, 2.05) is 24.3 Å². The summed E-state index contributed by atoms with van der Waals surface area (Å²) in [7, 11) is 0. The topological polar surface area (TPSA) is 58.4 Å². The quantitative estimate of drug-likeness (QED) is 0.660. The molecule has 1 aromatic carbocycles. The fourth-order valence-corrected chi connectivity index (χ4v) is 2.64. The van der Waals surface area contributed by atoms with Gasteiger partial charge < -0.3 is 16.0 Å². The summed E-state index contributed by atoms with van der Waals surface area (Å²) in [6.07, 6.45) is 5.44. The molecule has 0 saturated carbocycles. The van der Waals surface area contributed by atoms with Crippen molar-refractivity contribution in [1.82, 2.24) is 10.2 Å². The van der Waals surface area contributed by atoms with Gasteiger partial charge in [0.2, 0.25) is 5.91 Å². The normalized spacial score (nSPS) is 17.5. The number of nitrogens with two attached hydrogens (primary N) is 1. The zero-order chi connectivity index (χ0) is 15.2. The molecule has 1 aliphatic heterocycles. The Kier molecular flexibility index (Phi) is 5.39. The average molecular weight is 287 g/mol. The third-order valence-electron chi connectivity index (χ3n) is 3.94. The second kappa shape index (κ2) is 7.27. The lowest BCUT2D eigenvalue weighted by atomic mass is 10.0. The molecule has 2 rings (SSSR count). The summed E-state index contributed by atoms with van der Waals surface area (Å²) in [5.74, 6) is -0.0274. The molecule has 3 N–H and O–H groups in total. The molecule has 1 fully saturated rings. The van der Waals surface area contributed by atoms with Gasteiger partial charge in [-0.1, -0.05) is 12.1 Å². The van der Waals surface area contributed by atoms with Gasteiger partial charge in [-0.2, -0.15) is 0 Å². The van der Waals surface area contributed by atoms with Gasteiger partial charge in [-0.05, 0) is 50.5 Å². The van der Waals surface area contributed by atoms with Crippen LogP contribution in [0.5, 0.6) is 0 Å². The lowest BCUT2D eigenvalue weighted by molar-refractivity contribution is -0.117. The predicted molar refractivity (Wildman–Crippen MR) is 87.8 cm³/mol. The van der Waals surface area contributed by atoms with Gasteiger partial charge in [0.1, 0.15) is 0 Å². The molecule has 0 radical (unpaired) electrons. The summed E-state index contributed by atoms with van der Waals surface area (Å²) >= 11 is 0. The minimum atomic E-state index is -0.0274. The van der Waals surface area contributed by atoms with E-state index in [9.17, 15) is 4.79 Å². The predicted octanol–water partition coefficient (Wildman–Crippen LogP) is 2.27. The number of nitrogens with zero attached hydrogens (tertiary/aromatic N) is 1. The van der Waals surface area contributed by atoms with Crippen molar-refractivity contribution in [3.05, 3.63) is 35.9 Å². The van der Waals surface area contributed by atoms with Gasteiger partial charge in [-0.15, -0.1) is 0 Å². The number of carbonyl (C=O) groups is 1. The molecular formula is C17H25N3O. The molecule has 21 heavy (non-hydrogen) atoms. The SMILES string of the molecule is CC(C)N1CCC(NC(=O)/C=C/c2cccc(N)c2)CC1. The van der Waals surface area contributed by atoms with Gasteiger partial charge in [0, 0.05) is 36.9 Å². The molecule has 1 saturated heterocycles. The summed E-state index contributed by atoms with van der Waals surface area (Å²) in [5.41, 5.74) is 7.36. The minimum Gasteiger partial charge on any atom is -0.399 e. The van der Waals surface area contributed by atoms with Crippen LogP contribution in [0.2, 0.25) is 0 Å². The molecule has 1 aromatic rings. The van der Waals surface area contributed by atoms with Crippen LogP contribution in [0.25, 0.3) is 6.08 Å². The van der Waals surface area contributed by atoms with Crippen LogP contribution in [-0.2, 0) is 4.79 Å². The van der Waals surface area contributed by atoms with Crippen LogP contribution in [0.4, 0.5) is 5.69 Å². The monoisotopic (exact) mass is 287 g/mol. The van der Waals surface area contributed by atoms with Crippen LogP contribution < -0.4 is 11.1 Å². The van der Waals surface area contributed by atoms with Crippen molar-refractivity contribution in [3.63, 3.8) is 0 Å². The zero-order valence-corrected chi connectivity index (χ0v) is 12.9. The van der Waals surface area contributed by atoms with Gasteiger partial charge >= 0.3 is 0 Å². The number of piperidine rings is 1. The highest BCUT2D eigenvalue weighted by Crippen LogP contribution is 2.13. The molecule has 0 atom stereocenters. The number of likely N-dealkylation sites (tertiary alicyclic amines) is 1. The molecular weight excluding hydrogens is 262 g/mol. The minimum absolute atomic E-state index is 0.0274. The number of hydrogen-bond acceptors (Lipinski definition) is 3. The zero-order valence-electron chi connectivity index (χ0n) is 12.9. The molecule has 0 aromatic heterocycles. The number of nitrogens with one attached hydrogen (secondary N) is 1. The summed E-state index contributed by atoms with van der Waals surface area (Å²) in [6, 6.07) is 8.38. The van der Waals surface area contributed by atoms with Crippen molar-refractivity contribution < 1.29 is 4.79 Å². The highest BCUT2D eigenvalue weighted by Gasteiger charge is 2.21. The highest BCUT2D eigenvalue weighted by atomic mass is 16.1. The van der Waals surface area contributed by atoms with Crippen LogP contribution in [0.15, 0.2) is 30.3 Å². The van der Waals surface area contributed by atoms with Crippen molar-refractivity contribution >= 4 is 17.7 Å². The maximum atomic E-state index is 11.9. The summed E-state index contributed by atoms with van der Waals surface area (Å²) in [6.45, 7) is 6.55. The average Bonchev–Trinajstić information content (AvgIpc) is 2.46. The van der Waals surface area contributed by atoms with Crippen molar-refractivity contribution in [2.24, 2.45) is 0 Å². The van der Waals surface area contributed by atoms with Gasteiger partial charge in [0.05, 0.1) is 0 Å². The maximum Gasteiger partial charge on any atom is 0.244 e. The molecule has 1 amide bonds. The van der Waals surface area contributed by atoms with E-state index >= 15 is 0 Å². The third kappa shape index (κ3) is 4.90. The van der Waals surface area contributed by atoms with Crippen molar-refractivity contribution in [3.8, 4) is 0 Å². The van der Waals surface area contributed by atoms with Crippen LogP contribution in [0.1, 0.15) is 32.3 Å². The third-order valence-corrected chi connectivity index (χ3v) is 3.94. The van der Waals surface area contributed by atoms with Crippen molar-refractivity contribution in [2.45, 2.75) is 38.8 Å². The summed E-state index contributed by atoms with van der Waals surface area (Å²) in [4.78, 5) is 14.4. The first-order valence-corrected chi connectivity index (χ1v) is 7.63. The number of hydrogen-bond donors (Lipinski definition) is 2. The Balaban J connectivity index is 1.80.